The minimum absolute atomic E-state index is 0.0876. The second-order valence-corrected chi connectivity index (χ2v) is 3.51. The molecule has 13 heavy (non-hydrogen) atoms. The molecule has 0 unspecified atom stereocenters. The Morgan fingerprint density at radius 3 is 1.62 bits per heavy atom. The Morgan fingerprint density at radius 2 is 1.23 bits per heavy atom. The van der Waals surface area contributed by atoms with Crippen LogP contribution < -0.4 is 0 Å². The smallest absolute Gasteiger partial charge is 0.0698 e. The third-order valence-electron chi connectivity index (χ3n) is 1.22. The topological polar surface area (TPSA) is 58.9 Å². The molecular formula is C8H18O4S. The Morgan fingerprint density at radius 1 is 0.769 bits per heavy atom. The van der Waals surface area contributed by atoms with Gasteiger partial charge in [-0.1, -0.05) is 0 Å². The van der Waals surface area contributed by atoms with Gasteiger partial charge in [-0.05, 0) is 0 Å². The molecule has 0 aliphatic heterocycles. The SMILES string of the molecule is OCCOCCSCCOCCO. The molecule has 0 aliphatic rings. The maximum absolute atomic E-state index is 8.39. The molecule has 0 saturated carbocycles. The second kappa shape index (κ2) is 12.2. The van der Waals surface area contributed by atoms with Crippen molar-refractivity contribution in [3.63, 3.8) is 0 Å². The van der Waals surface area contributed by atoms with Crippen LogP contribution in [0.4, 0.5) is 0 Å². The van der Waals surface area contributed by atoms with E-state index in [1.54, 1.807) is 11.8 Å². The average Bonchev–Trinajstić information content (AvgIpc) is 2.16. The zero-order valence-electron chi connectivity index (χ0n) is 7.78. The summed E-state index contributed by atoms with van der Waals surface area (Å²) in [6.07, 6.45) is 0. The molecule has 4 nitrogen and oxygen atoms in total. The van der Waals surface area contributed by atoms with Crippen molar-refractivity contribution in [2.75, 3.05) is 51.1 Å². The van der Waals surface area contributed by atoms with Gasteiger partial charge >= 0.3 is 0 Å². The average molecular weight is 210 g/mol. The minimum atomic E-state index is 0.0876. The standard InChI is InChI=1S/C8H18O4S/c9-1-3-11-5-7-13-8-6-12-4-2-10/h9-10H,1-8H2. The maximum atomic E-state index is 8.39. The zero-order valence-corrected chi connectivity index (χ0v) is 8.59. The highest BCUT2D eigenvalue weighted by Gasteiger charge is 1.90. The molecule has 0 bridgehead atoms. The fourth-order valence-corrected chi connectivity index (χ4v) is 1.35. The van der Waals surface area contributed by atoms with Crippen LogP contribution in [0.3, 0.4) is 0 Å². The number of hydrogen-bond acceptors (Lipinski definition) is 5. The number of rotatable bonds is 10. The summed E-state index contributed by atoms with van der Waals surface area (Å²) in [5.74, 6) is 1.84. The lowest BCUT2D eigenvalue weighted by Gasteiger charge is -2.03. The molecule has 0 aromatic rings. The van der Waals surface area contributed by atoms with Crippen molar-refractivity contribution in [2.24, 2.45) is 0 Å². The van der Waals surface area contributed by atoms with Gasteiger partial charge in [0.15, 0.2) is 0 Å². The van der Waals surface area contributed by atoms with Gasteiger partial charge in [0, 0.05) is 11.5 Å². The molecule has 0 heterocycles. The summed E-state index contributed by atoms with van der Waals surface area (Å²) in [4.78, 5) is 0. The van der Waals surface area contributed by atoms with Crippen LogP contribution in [0.2, 0.25) is 0 Å². The van der Waals surface area contributed by atoms with E-state index in [-0.39, 0.29) is 13.2 Å². The predicted molar refractivity (Wildman–Crippen MR) is 53.1 cm³/mol. The van der Waals surface area contributed by atoms with Gasteiger partial charge in [0.1, 0.15) is 0 Å². The summed E-state index contributed by atoms with van der Waals surface area (Å²) < 4.78 is 10.1. The van der Waals surface area contributed by atoms with E-state index in [0.717, 1.165) is 11.5 Å². The van der Waals surface area contributed by atoms with Crippen molar-refractivity contribution in [2.45, 2.75) is 0 Å². The number of thioether (sulfide) groups is 1. The number of hydrogen-bond donors (Lipinski definition) is 2. The highest BCUT2D eigenvalue weighted by atomic mass is 32.2. The van der Waals surface area contributed by atoms with E-state index in [2.05, 4.69) is 0 Å². The molecule has 0 rings (SSSR count). The number of ether oxygens (including phenoxy) is 2. The normalized spacial score (nSPS) is 10.6. The van der Waals surface area contributed by atoms with Crippen LogP contribution in [0, 0.1) is 0 Å². The predicted octanol–water partition coefficient (Wildman–Crippen LogP) is -0.263. The van der Waals surface area contributed by atoms with Gasteiger partial charge in [-0.2, -0.15) is 11.8 Å². The van der Waals surface area contributed by atoms with Crippen molar-refractivity contribution in [1.82, 2.24) is 0 Å². The van der Waals surface area contributed by atoms with Crippen molar-refractivity contribution < 1.29 is 19.7 Å². The molecular weight excluding hydrogens is 192 g/mol. The first-order chi connectivity index (χ1) is 6.41. The lowest BCUT2D eigenvalue weighted by atomic mass is 10.7. The van der Waals surface area contributed by atoms with Crippen molar-refractivity contribution in [3.8, 4) is 0 Å². The van der Waals surface area contributed by atoms with E-state index in [0.29, 0.717) is 26.4 Å². The summed E-state index contributed by atoms with van der Waals surface area (Å²) in [6, 6.07) is 0. The van der Waals surface area contributed by atoms with Crippen LogP contribution in [0.15, 0.2) is 0 Å². The van der Waals surface area contributed by atoms with Crippen molar-refractivity contribution in [1.29, 1.82) is 0 Å². The van der Waals surface area contributed by atoms with Gasteiger partial charge in [-0.25, -0.2) is 0 Å². The Hall–Kier alpha value is 0.190. The number of aliphatic hydroxyl groups is 2. The lowest BCUT2D eigenvalue weighted by molar-refractivity contribution is 0.101. The second-order valence-electron chi connectivity index (χ2n) is 2.28. The van der Waals surface area contributed by atoms with E-state index < -0.39 is 0 Å². The van der Waals surface area contributed by atoms with Crippen LogP contribution in [0.1, 0.15) is 0 Å². The lowest BCUT2D eigenvalue weighted by Crippen LogP contribution is -2.05. The monoisotopic (exact) mass is 210 g/mol. The largest absolute Gasteiger partial charge is 0.394 e. The van der Waals surface area contributed by atoms with Gasteiger partial charge in [-0.3, -0.25) is 0 Å². The van der Waals surface area contributed by atoms with E-state index in [1.165, 1.54) is 0 Å². The summed E-state index contributed by atoms with van der Waals surface area (Å²) in [6.45, 7) is 2.36. The van der Waals surface area contributed by atoms with E-state index in [9.17, 15) is 0 Å². The summed E-state index contributed by atoms with van der Waals surface area (Å²) in [5, 5.41) is 16.8. The summed E-state index contributed by atoms with van der Waals surface area (Å²) in [7, 11) is 0. The van der Waals surface area contributed by atoms with Crippen LogP contribution in [-0.2, 0) is 9.47 Å². The van der Waals surface area contributed by atoms with E-state index in [1.807, 2.05) is 0 Å². The van der Waals surface area contributed by atoms with Crippen LogP contribution >= 0.6 is 11.8 Å². The molecule has 0 aromatic heterocycles. The highest BCUT2D eigenvalue weighted by Crippen LogP contribution is 1.98. The van der Waals surface area contributed by atoms with E-state index in [4.69, 9.17) is 19.7 Å². The van der Waals surface area contributed by atoms with Crippen molar-refractivity contribution >= 4 is 11.8 Å². The third kappa shape index (κ3) is 12.2. The third-order valence-corrected chi connectivity index (χ3v) is 2.13. The van der Waals surface area contributed by atoms with Crippen LogP contribution in [0.25, 0.3) is 0 Å². The molecule has 80 valence electrons. The van der Waals surface area contributed by atoms with Gasteiger partial charge in [0.2, 0.25) is 0 Å². The fraction of sp³-hybridized carbons (Fsp3) is 1.00. The molecule has 0 spiro atoms. The Labute approximate surface area is 83.2 Å². The first-order valence-electron chi connectivity index (χ1n) is 4.36. The highest BCUT2D eigenvalue weighted by molar-refractivity contribution is 7.99. The molecule has 5 heteroatoms. The quantitative estimate of drug-likeness (QED) is 0.486. The van der Waals surface area contributed by atoms with E-state index >= 15 is 0 Å². The van der Waals surface area contributed by atoms with Gasteiger partial charge in [0.05, 0.1) is 39.6 Å². The Balaban J connectivity index is 2.76. The van der Waals surface area contributed by atoms with Gasteiger partial charge in [-0.15, -0.1) is 0 Å². The molecule has 0 fully saturated rings. The van der Waals surface area contributed by atoms with Gasteiger partial charge in [0.25, 0.3) is 0 Å². The first kappa shape index (κ1) is 13.2. The molecule has 0 saturated heterocycles. The molecule has 0 atom stereocenters. The van der Waals surface area contributed by atoms with Crippen LogP contribution in [0.5, 0.6) is 0 Å². The van der Waals surface area contributed by atoms with Crippen LogP contribution in [-0.4, -0.2) is 61.4 Å². The Bertz CT molecular complexity index is 82.2. The Kier molecular flexibility index (Phi) is 12.4. The molecule has 0 aromatic carbocycles. The first-order valence-corrected chi connectivity index (χ1v) is 5.52. The molecule has 0 aliphatic carbocycles. The molecule has 2 N–H and O–H groups in total. The number of aliphatic hydroxyl groups excluding tert-OH is 2. The molecule has 0 amide bonds. The summed E-state index contributed by atoms with van der Waals surface area (Å²) >= 11 is 1.74. The maximum Gasteiger partial charge on any atom is 0.0698 e. The molecule has 0 radical (unpaired) electrons. The van der Waals surface area contributed by atoms with Gasteiger partial charge < -0.3 is 19.7 Å². The fourth-order valence-electron chi connectivity index (χ4n) is 0.671. The minimum Gasteiger partial charge on any atom is -0.394 e. The zero-order chi connectivity index (χ0) is 9.78. The van der Waals surface area contributed by atoms with Crippen molar-refractivity contribution in [3.05, 3.63) is 0 Å². The summed E-state index contributed by atoms with van der Waals surface area (Å²) in [5.41, 5.74) is 0.